The van der Waals surface area contributed by atoms with Crippen molar-refractivity contribution in [2.24, 2.45) is 58.2 Å². The molecule has 20 nitrogen and oxygen atoms in total. The third-order valence-corrected chi connectivity index (χ3v) is 19.4. The van der Waals surface area contributed by atoms with Crippen LogP contribution in [0.1, 0.15) is 125 Å². The number of nitrogens with zero attached hydrogens (tertiary/aromatic N) is 6. The number of alkyl carbamates (subject to hydrolysis) is 2. The number of hydrogen-bond donors (Lipinski definition) is 2. The number of carbonyl (C=O) groups is 4. The van der Waals surface area contributed by atoms with Crippen molar-refractivity contribution in [3.8, 4) is 23.3 Å². The second-order valence-corrected chi connectivity index (χ2v) is 27.6. The number of nitrogens with one attached hydrogen (secondary N) is 2. The van der Waals surface area contributed by atoms with Gasteiger partial charge in [0.1, 0.15) is 47.5 Å². The number of aromatic nitrogens is 4. The molecule has 4 aliphatic heterocycles. The fourth-order valence-electron chi connectivity index (χ4n) is 13.3. The Morgan fingerprint density at radius 1 is 0.584 bits per heavy atom. The Morgan fingerprint density at radius 3 is 1.44 bits per heavy atom. The van der Waals surface area contributed by atoms with Crippen molar-refractivity contribution in [1.82, 2.24) is 40.4 Å². The van der Waals surface area contributed by atoms with Crippen molar-refractivity contribution in [2.45, 2.75) is 174 Å². The molecule has 4 aliphatic carbocycles. The summed E-state index contributed by atoms with van der Waals surface area (Å²) in [6, 6.07) is 5.51. The van der Waals surface area contributed by atoms with Gasteiger partial charge >= 0.3 is 12.2 Å². The average molecular weight is 1320 g/mol. The molecule has 12 rings (SSSR count). The molecule has 4 aromatic rings. The Hall–Kier alpha value is -5.97. The van der Waals surface area contributed by atoms with Gasteiger partial charge in [0, 0.05) is 67.0 Å². The molecular formula is C63H76F4N8O12V2-2. The summed E-state index contributed by atoms with van der Waals surface area (Å²) in [4.78, 5) is 98.5. The maximum absolute atomic E-state index is 16.3. The van der Waals surface area contributed by atoms with E-state index in [9.17, 15) is 28.8 Å². The third kappa shape index (κ3) is 13.4. The standard InChI is InChI=1S/C32H39F2N4O6.C31H37F2N4O6.2V/c1-16-23(15-39)38-14-24(16)43-27-25(35-21-10-9-19(42-6)12-22(21)36-27)32(33,34)20-11-17(20)7-8-18-13-31(18,5)44-29(41)37-26(28(38)40)30(2,3)4;1-15-22(14-38)37-13-24(15)42-27-25(34-20-9-8-18(41-5)12-21(20)35-27)31(32,33)19-10-16(19)6-7-17-11-23(17)43-29(40)36-26(28(37)39)30(2,3)4;;/h9-10,12,16-18,20,23-24,26H,7-8,11,13-14H2,1-6H3,(H,37,41);8-9,12,15-17,19,22-24,26H,6-7,10-11,13H2,1-5H3,(H,36,40);;/q2*-1;;/t16-,17?,18+,20?,23+,24-,26+,31+;15-,16?,17+,19?,22+,23+,24-,26+;;/m00../s1. The normalized spacial score (nSPS) is 33.7. The van der Waals surface area contributed by atoms with E-state index in [2.05, 4.69) is 30.6 Å². The minimum atomic E-state index is -3.33. The molecule has 8 aliphatic rings. The topological polar surface area (TPSA) is 240 Å². The van der Waals surface area contributed by atoms with Crippen molar-refractivity contribution < 1.29 is 112 Å². The molecule has 4 unspecified atom stereocenters. The number of benzene rings is 2. The number of rotatable bonds is 4. The Labute approximate surface area is 538 Å². The molecule has 89 heavy (non-hydrogen) atoms. The van der Waals surface area contributed by atoms with E-state index in [0.717, 1.165) is 0 Å². The molecule has 2 aromatic heterocycles. The quantitative estimate of drug-likeness (QED) is 0.143. The molecule has 480 valence electrons. The third-order valence-electron chi connectivity index (χ3n) is 19.4. The molecule has 4 bridgehead atoms. The van der Waals surface area contributed by atoms with Crippen LogP contribution in [0.25, 0.3) is 22.1 Å². The van der Waals surface area contributed by atoms with E-state index < -0.39 is 124 Å². The maximum Gasteiger partial charge on any atom is 0.408 e. The zero-order valence-electron chi connectivity index (χ0n) is 51.7. The van der Waals surface area contributed by atoms with Crippen LogP contribution in [-0.2, 0) is 77.6 Å². The first-order valence-electron chi connectivity index (χ1n) is 30.1. The monoisotopic (exact) mass is 1310 g/mol. The second-order valence-electron chi connectivity index (χ2n) is 27.6. The van der Waals surface area contributed by atoms with E-state index in [-0.39, 0.29) is 103 Å². The van der Waals surface area contributed by atoms with Crippen molar-refractivity contribution in [3.05, 3.63) is 47.8 Å². The minimum absolute atomic E-state index is 0. The van der Waals surface area contributed by atoms with Crippen LogP contribution >= 0.6 is 0 Å². The van der Waals surface area contributed by atoms with Crippen LogP contribution in [0, 0.1) is 58.2 Å². The molecule has 6 fully saturated rings. The van der Waals surface area contributed by atoms with Crippen molar-refractivity contribution in [1.29, 1.82) is 0 Å². The molecule has 4 saturated carbocycles. The summed E-state index contributed by atoms with van der Waals surface area (Å²) in [5.74, 6) is -10.8. The van der Waals surface area contributed by atoms with Gasteiger partial charge in [0.15, 0.2) is 11.4 Å². The molecule has 2 radical (unpaired) electrons. The predicted octanol–water partition coefficient (Wildman–Crippen LogP) is 9.17. The zero-order valence-corrected chi connectivity index (χ0v) is 54.5. The van der Waals surface area contributed by atoms with E-state index >= 15 is 17.6 Å². The first-order chi connectivity index (χ1) is 41.0. The SMILES string of the molecule is COc1ccc2nc3c(nc2c1)O[C@H]1CN(C(=O)[C@H](C(C)(C)C)NC(=O)O[C@@H]2C[C@H]2CCC2CC2C3(F)F)[C@H]([C-]=O)[C@@H]1C.COc1ccc2nc3c(nc2c1)O[C@H]1CN(C(=O)[C@H](C(C)(C)C)NC(=O)O[C@]2(C)C[C@H]2CCC2CC2C3(F)F)[C@H]([C-]=O)[C@@H]1C.[V].[V]. The van der Waals surface area contributed by atoms with Crippen LogP contribution in [0.2, 0.25) is 0 Å². The minimum Gasteiger partial charge on any atom is -0.540 e. The summed E-state index contributed by atoms with van der Waals surface area (Å²) < 4.78 is 99.4. The molecular weight excluding hydrogens is 1240 g/mol. The fraction of sp³-hybridized carbons (Fsp3) is 0.651. The molecule has 4 amide bonds. The van der Waals surface area contributed by atoms with Gasteiger partial charge in [-0.15, -0.1) is 0 Å². The average Bonchev–Trinajstić information content (AvgIpc) is 1.54. The van der Waals surface area contributed by atoms with E-state index in [1.807, 2.05) is 19.5 Å². The second kappa shape index (κ2) is 24.9. The number of alkyl halides is 4. The van der Waals surface area contributed by atoms with Crippen LogP contribution in [0.4, 0.5) is 27.2 Å². The van der Waals surface area contributed by atoms with Crippen LogP contribution in [-0.4, -0.2) is 142 Å². The van der Waals surface area contributed by atoms with Crippen LogP contribution in [0.3, 0.4) is 0 Å². The van der Waals surface area contributed by atoms with E-state index in [4.69, 9.17) is 28.4 Å². The van der Waals surface area contributed by atoms with E-state index in [1.165, 1.54) is 24.0 Å². The maximum atomic E-state index is 16.3. The first-order valence-corrected chi connectivity index (χ1v) is 30.1. The molecule has 6 heterocycles. The van der Waals surface area contributed by atoms with E-state index in [0.29, 0.717) is 73.9 Å². The van der Waals surface area contributed by atoms with Gasteiger partial charge in [0.05, 0.1) is 49.4 Å². The number of hydrogen-bond acceptors (Lipinski definition) is 16. The Balaban J connectivity index is 0.000000207. The molecule has 16 atom stereocenters. The Bertz CT molecular complexity index is 3390. The van der Waals surface area contributed by atoms with Gasteiger partial charge in [-0.1, -0.05) is 67.5 Å². The molecule has 2 saturated heterocycles. The summed E-state index contributed by atoms with van der Waals surface area (Å²) >= 11 is 0. The van der Waals surface area contributed by atoms with E-state index in [1.54, 1.807) is 91.8 Å². The number of ether oxygens (including phenoxy) is 6. The number of methoxy groups -OCH3 is 2. The number of amides is 4. The Kier molecular flexibility index (Phi) is 18.9. The fourth-order valence-corrected chi connectivity index (χ4v) is 13.3. The summed E-state index contributed by atoms with van der Waals surface area (Å²) in [6.45, 7) is 15.8. The molecule has 2 aromatic carbocycles. The number of fused-ring (bicyclic) bond motifs is 12. The van der Waals surface area contributed by atoms with Gasteiger partial charge in [-0.25, -0.2) is 42.1 Å². The molecule has 0 spiro atoms. The number of halogens is 4. The molecule has 26 heteroatoms. The summed E-state index contributed by atoms with van der Waals surface area (Å²) in [6.07, 6.45) is 4.76. The predicted molar refractivity (Wildman–Crippen MR) is 305 cm³/mol. The van der Waals surface area contributed by atoms with Gasteiger partial charge in [-0.05, 0) is 123 Å². The number of carbonyl (C=O) groups excluding carboxylic acids is 6. The van der Waals surface area contributed by atoms with Crippen LogP contribution in [0.5, 0.6) is 23.3 Å². The zero-order chi connectivity index (χ0) is 62.6. The molecule has 2 N–H and O–H groups in total. The van der Waals surface area contributed by atoms with Crippen molar-refractivity contribution in [3.63, 3.8) is 0 Å². The summed E-state index contributed by atoms with van der Waals surface area (Å²) in [7, 11) is 2.98. The van der Waals surface area contributed by atoms with Crippen LogP contribution < -0.4 is 29.6 Å². The van der Waals surface area contributed by atoms with Gasteiger partial charge < -0.3 is 58.4 Å². The smallest absolute Gasteiger partial charge is 0.408 e. The van der Waals surface area contributed by atoms with Crippen molar-refractivity contribution in [2.75, 3.05) is 27.3 Å². The largest absolute Gasteiger partial charge is 0.540 e. The first kappa shape index (κ1) is 67.4. The summed E-state index contributed by atoms with van der Waals surface area (Å²) in [5, 5.41) is 5.48. The van der Waals surface area contributed by atoms with Gasteiger partial charge in [-0.3, -0.25) is 9.59 Å². The Morgan fingerprint density at radius 2 is 1.01 bits per heavy atom. The van der Waals surface area contributed by atoms with Gasteiger partial charge in [-0.2, -0.15) is 17.6 Å². The van der Waals surface area contributed by atoms with Crippen molar-refractivity contribution >= 4 is 58.6 Å². The van der Waals surface area contributed by atoms with Gasteiger partial charge in [0.2, 0.25) is 23.6 Å². The summed E-state index contributed by atoms with van der Waals surface area (Å²) in [5.41, 5.74) is -2.11. The van der Waals surface area contributed by atoms with Gasteiger partial charge in [0.25, 0.3) is 11.8 Å². The van der Waals surface area contributed by atoms with Crippen LogP contribution in [0.15, 0.2) is 36.4 Å².